The van der Waals surface area contributed by atoms with Gasteiger partial charge in [0.1, 0.15) is 6.54 Å². The second-order valence-corrected chi connectivity index (χ2v) is 7.55. The smallest absolute Gasteiger partial charge is 0.270 e. The molecule has 0 aliphatic rings. The number of sulfonamides is 1. The van der Waals surface area contributed by atoms with Crippen molar-refractivity contribution in [3.63, 3.8) is 0 Å². The van der Waals surface area contributed by atoms with Crippen molar-refractivity contribution in [2.24, 2.45) is 5.84 Å². The van der Waals surface area contributed by atoms with E-state index in [1.165, 1.54) is 24.3 Å². The van der Waals surface area contributed by atoms with Crippen LogP contribution in [0.4, 0.5) is 11.4 Å². The number of halogens is 2. The molecule has 26 heavy (non-hydrogen) atoms. The summed E-state index contributed by atoms with van der Waals surface area (Å²) in [5.74, 6) is 4.22. The van der Waals surface area contributed by atoms with Gasteiger partial charge in [0.25, 0.3) is 21.6 Å². The number of hydrogen-bond acceptors (Lipinski definition) is 6. The van der Waals surface area contributed by atoms with Gasteiger partial charge in [-0.05, 0) is 18.2 Å². The Balaban J connectivity index is 2.64. The Kier molecular flexibility index (Phi) is 6.03. The van der Waals surface area contributed by atoms with Gasteiger partial charge in [-0.15, -0.1) is 0 Å². The maximum absolute atomic E-state index is 13.0. The number of non-ortho nitro benzene ring substituents is 1. The van der Waals surface area contributed by atoms with E-state index < -0.39 is 38.0 Å². The lowest BCUT2D eigenvalue weighted by molar-refractivity contribution is -0.385. The summed E-state index contributed by atoms with van der Waals surface area (Å²) in [7, 11) is -4.39. The molecular formula is C14H12Cl2N4O5S. The van der Waals surface area contributed by atoms with Gasteiger partial charge < -0.3 is 0 Å². The second kappa shape index (κ2) is 7.87. The number of nitrogens with zero attached hydrogens (tertiary/aromatic N) is 2. The number of carbonyl (C=O) groups is 1. The highest BCUT2D eigenvalue weighted by Crippen LogP contribution is 2.35. The molecule has 0 unspecified atom stereocenters. The number of benzene rings is 2. The van der Waals surface area contributed by atoms with E-state index in [1.807, 2.05) is 5.43 Å². The molecule has 0 heterocycles. The van der Waals surface area contributed by atoms with Crippen molar-refractivity contribution in [1.82, 2.24) is 5.43 Å². The van der Waals surface area contributed by atoms with E-state index in [0.717, 1.165) is 18.2 Å². The molecule has 0 aliphatic carbocycles. The number of nitrogens with one attached hydrogen (secondary N) is 1. The SMILES string of the molecule is NNC(=O)CN(c1cccc(Cl)c1Cl)S(=O)(=O)c1cccc([N+](=O)[O-])c1. The van der Waals surface area contributed by atoms with Crippen LogP contribution in [-0.4, -0.2) is 25.8 Å². The molecule has 0 spiro atoms. The van der Waals surface area contributed by atoms with E-state index in [-0.39, 0.29) is 15.7 Å². The zero-order valence-corrected chi connectivity index (χ0v) is 15.3. The molecule has 2 rings (SSSR count). The third-order valence-corrected chi connectivity index (χ3v) is 5.83. The molecule has 0 atom stereocenters. The zero-order valence-electron chi connectivity index (χ0n) is 12.9. The third-order valence-electron chi connectivity index (χ3n) is 3.26. The molecule has 0 saturated heterocycles. The predicted octanol–water partition coefficient (Wildman–Crippen LogP) is 2.09. The number of anilines is 1. The molecule has 0 aliphatic heterocycles. The average Bonchev–Trinajstić information content (AvgIpc) is 2.62. The highest BCUT2D eigenvalue weighted by atomic mass is 35.5. The topological polar surface area (TPSA) is 136 Å². The Morgan fingerprint density at radius 3 is 2.50 bits per heavy atom. The summed E-state index contributed by atoms with van der Waals surface area (Å²) in [6, 6.07) is 8.62. The standard InChI is InChI=1S/C14H12Cl2N4O5S/c15-11-5-2-6-12(14(11)16)19(8-13(21)18-17)26(24,25)10-4-1-3-9(7-10)20(22)23/h1-7H,8,17H2,(H,18,21). The largest absolute Gasteiger partial charge is 0.293 e. The monoisotopic (exact) mass is 418 g/mol. The van der Waals surface area contributed by atoms with E-state index in [2.05, 4.69) is 0 Å². The summed E-state index contributed by atoms with van der Waals surface area (Å²) in [4.78, 5) is 21.5. The van der Waals surface area contributed by atoms with Crippen molar-refractivity contribution < 1.29 is 18.1 Å². The van der Waals surface area contributed by atoms with Crippen molar-refractivity contribution in [2.75, 3.05) is 10.8 Å². The zero-order chi connectivity index (χ0) is 19.5. The first kappa shape index (κ1) is 19.9. The molecule has 12 heteroatoms. The highest BCUT2D eigenvalue weighted by Gasteiger charge is 2.30. The lowest BCUT2D eigenvalue weighted by atomic mass is 10.3. The number of hydrogen-bond donors (Lipinski definition) is 2. The number of rotatable bonds is 6. The summed E-state index contributed by atoms with van der Waals surface area (Å²) in [6.07, 6.45) is 0. The summed E-state index contributed by atoms with van der Waals surface area (Å²) >= 11 is 12.0. The Morgan fingerprint density at radius 2 is 1.88 bits per heavy atom. The van der Waals surface area contributed by atoms with Gasteiger partial charge in [-0.1, -0.05) is 35.3 Å². The normalized spacial score (nSPS) is 11.0. The number of nitro groups is 1. The van der Waals surface area contributed by atoms with Gasteiger partial charge in [-0.2, -0.15) is 0 Å². The van der Waals surface area contributed by atoms with Gasteiger partial charge in [0, 0.05) is 12.1 Å². The molecule has 0 fully saturated rings. The summed E-state index contributed by atoms with van der Waals surface area (Å²) in [6.45, 7) is -0.707. The van der Waals surface area contributed by atoms with Crippen LogP contribution in [0.5, 0.6) is 0 Å². The maximum atomic E-state index is 13.0. The van der Waals surface area contributed by atoms with Crippen LogP contribution >= 0.6 is 23.2 Å². The fourth-order valence-corrected chi connectivity index (χ4v) is 3.97. The third kappa shape index (κ3) is 4.05. The van der Waals surface area contributed by atoms with Gasteiger partial charge in [0.05, 0.1) is 25.6 Å². The highest BCUT2D eigenvalue weighted by molar-refractivity contribution is 7.92. The minimum absolute atomic E-state index is 0.0663. The first-order valence-corrected chi connectivity index (χ1v) is 9.08. The Bertz CT molecular complexity index is 968. The van der Waals surface area contributed by atoms with Gasteiger partial charge >= 0.3 is 0 Å². The van der Waals surface area contributed by atoms with E-state index in [1.54, 1.807) is 0 Å². The molecule has 0 bridgehead atoms. The van der Waals surface area contributed by atoms with Crippen molar-refractivity contribution in [1.29, 1.82) is 0 Å². The number of carbonyl (C=O) groups excluding carboxylic acids is 1. The summed E-state index contributed by atoms with van der Waals surface area (Å²) in [5, 5.41) is 10.9. The lowest BCUT2D eigenvalue weighted by Crippen LogP contribution is -2.43. The van der Waals surface area contributed by atoms with E-state index in [0.29, 0.717) is 4.31 Å². The van der Waals surface area contributed by atoms with Crippen molar-refractivity contribution >= 4 is 50.5 Å². The molecule has 138 valence electrons. The molecule has 3 N–H and O–H groups in total. The maximum Gasteiger partial charge on any atom is 0.270 e. The van der Waals surface area contributed by atoms with E-state index >= 15 is 0 Å². The van der Waals surface area contributed by atoms with Crippen molar-refractivity contribution in [2.45, 2.75) is 4.90 Å². The Hall–Kier alpha value is -2.40. The van der Waals surface area contributed by atoms with Crippen LogP contribution in [0.2, 0.25) is 10.0 Å². The van der Waals surface area contributed by atoms with Crippen LogP contribution in [0.25, 0.3) is 0 Å². The molecule has 9 nitrogen and oxygen atoms in total. The predicted molar refractivity (Wildman–Crippen MR) is 96.4 cm³/mol. The van der Waals surface area contributed by atoms with Crippen LogP contribution in [0.1, 0.15) is 0 Å². The molecule has 0 radical (unpaired) electrons. The van der Waals surface area contributed by atoms with Gasteiger partial charge in [-0.25, -0.2) is 14.3 Å². The summed E-state index contributed by atoms with van der Waals surface area (Å²) < 4.78 is 26.7. The number of nitrogens with two attached hydrogens (primary N) is 1. The molecule has 0 saturated carbocycles. The van der Waals surface area contributed by atoms with Crippen LogP contribution in [0, 0.1) is 10.1 Å². The van der Waals surface area contributed by atoms with Crippen molar-refractivity contribution in [3.8, 4) is 0 Å². The lowest BCUT2D eigenvalue weighted by Gasteiger charge is -2.24. The second-order valence-electron chi connectivity index (χ2n) is 4.91. The van der Waals surface area contributed by atoms with Crippen LogP contribution < -0.4 is 15.6 Å². The molecule has 2 aromatic rings. The van der Waals surface area contributed by atoms with Crippen LogP contribution in [-0.2, 0) is 14.8 Å². The fraction of sp³-hybridized carbons (Fsp3) is 0.0714. The minimum Gasteiger partial charge on any atom is -0.293 e. The number of nitro benzene ring substituents is 1. The average molecular weight is 419 g/mol. The summed E-state index contributed by atoms with van der Waals surface area (Å²) in [5.41, 5.74) is 1.32. The van der Waals surface area contributed by atoms with Gasteiger partial charge in [0.2, 0.25) is 0 Å². The molecule has 1 amide bonds. The van der Waals surface area contributed by atoms with Gasteiger partial charge in [-0.3, -0.25) is 24.6 Å². The van der Waals surface area contributed by atoms with E-state index in [9.17, 15) is 23.3 Å². The Morgan fingerprint density at radius 1 is 1.23 bits per heavy atom. The van der Waals surface area contributed by atoms with E-state index in [4.69, 9.17) is 29.0 Å². The van der Waals surface area contributed by atoms with Crippen LogP contribution in [0.3, 0.4) is 0 Å². The number of hydrazine groups is 1. The molecule has 2 aromatic carbocycles. The Labute approximate surface area is 158 Å². The van der Waals surface area contributed by atoms with Crippen molar-refractivity contribution in [3.05, 3.63) is 62.6 Å². The fourth-order valence-electron chi connectivity index (χ4n) is 2.05. The van der Waals surface area contributed by atoms with Crippen LogP contribution in [0.15, 0.2) is 47.4 Å². The first-order chi connectivity index (χ1) is 12.2. The molecule has 0 aromatic heterocycles. The molecular weight excluding hydrogens is 407 g/mol. The van der Waals surface area contributed by atoms with Gasteiger partial charge in [0.15, 0.2) is 0 Å². The quantitative estimate of drug-likeness (QED) is 0.319. The first-order valence-electron chi connectivity index (χ1n) is 6.89. The number of amides is 1. The minimum atomic E-state index is -4.39.